The van der Waals surface area contributed by atoms with Crippen LogP contribution in [0.25, 0.3) is 0 Å². The lowest BCUT2D eigenvalue weighted by Gasteiger charge is -2.29. The predicted octanol–water partition coefficient (Wildman–Crippen LogP) is 9.04. The number of carbonyl (C=O) groups is 2. The Morgan fingerprint density at radius 2 is 1.20 bits per heavy atom. The summed E-state index contributed by atoms with van der Waals surface area (Å²) in [6.07, 6.45) is 0.209. The molecule has 0 aliphatic carbocycles. The highest BCUT2D eigenvalue weighted by molar-refractivity contribution is 5.91. The highest BCUT2D eigenvalue weighted by Gasteiger charge is 2.39. The number of aromatic hydroxyl groups is 1. The number of phenolic OH excluding ortho intramolecular Hbond substituents is 1. The van der Waals surface area contributed by atoms with E-state index in [-0.39, 0.29) is 33.8 Å². The summed E-state index contributed by atoms with van der Waals surface area (Å²) in [5, 5.41) is 22.0. The average Bonchev–Trinajstić information content (AvgIpc) is 3.19. The van der Waals surface area contributed by atoms with E-state index in [1.165, 1.54) is 0 Å². The quantitative estimate of drug-likeness (QED) is 0.226. The summed E-state index contributed by atoms with van der Waals surface area (Å²) in [6.45, 7) is 25.0. The lowest BCUT2D eigenvalue weighted by Crippen LogP contribution is -2.23. The SMILES string of the molecule is CC(C)(C)c1ccc2c(c1)C(c1cc(C(C)(C)C)ccc1C(Cc1cc(C(C)(C)C)c(O)c(C(C)(C)C)c1)C(=O)O)C(=O)O2. The third-order valence-corrected chi connectivity index (χ3v) is 8.80. The van der Waals surface area contributed by atoms with Crippen LogP contribution >= 0.6 is 0 Å². The van der Waals surface area contributed by atoms with Gasteiger partial charge in [0.15, 0.2) is 0 Å². The van der Waals surface area contributed by atoms with Crippen molar-refractivity contribution in [3.63, 3.8) is 0 Å². The molecule has 4 rings (SSSR count). The number of carbonyl (C=O) groups excluding carboxylic acids is 1. The molecule has 0 saturated heterocycles. The molecule has 0 amide bonds. The van der Waals surface area contributed by atoms with Crippen molar-refractivity contribution in [3.8, 4) is 11.5 Å². The number of carboxylic acid groups (broad SMARTS) is 1. The van der Waals surface area contributed by atoms with Gasteiger partial charge in [0.1, 0.15) is 17.4 Å². The van der Waals surface area contributed by atoms with Crippen molar-refractivity contribution in [2.45, 2.75) is 123 Å². The van der Waals surface area contributed by atoms with Gasteiger partial charge in [0, 0.05) is 5.56 Å². The van der Waals surface area contributed by atoms with Crippen molar-refractivity contribution in [1.29, 1.82) is 0 Å². The molecule has 1 aliphatic rings. The molecule has 236 valence electrons. The van der Waals surface area contributed by atoms with Crippen LogP contribution in [0.3, 0.4) is 0 Å². The van der Waals surface area contributed by atoms with Crippen molar-refractivity contribution >= 4 is 11.9 Å². The number of benzene rings is 3. The van der Waals surface area contributed by atoms with Crippen molar-refractivity contribution in [1.82, 2.24) is 0 Å². The maximum atomic E-state index is 13.6. The monoisotopic (exact) mass is 598 g/mol. The Kier molecular flexibility index (Phi) is 8.39. The molecule has 2 N–H and O–H groups in total. The molecule has 0 bridgehead atoms. The summed E-state index contributed by atoms with van der Waals surface area (Å²) in [4.78, 5) is 26.7. The second-order valence-corrected chi connectivity index (χ2v) is 16.6. The number of fused-ring (bicyclic) bond motifs is 1. The Morgan fingerprint density at radius 3 is 1.66 bits per heavy atom. The molecule has 44 heavy (non-hydrogen) atoms. The van der Waals surface area contributed by atoms with Gasteiger partial charge in [-0.2, -0.15) is 0 Å². The van der Waals surface area contributed by atoms with Crippen molar-refractivity contribution in [2.75, 3.05) is 0 Å². The summed E-state index contributed by atoms with van der Waals surface area (Å²) < 4.78 is 5.79. The molecular formula is C39H50O5. The van der Waals surface area contributed by atoms with E-state index < -0.39 is 23.8 Å². The van der Waals surface area contributed by atoms with E-state index in [4.69, 9.17) is 4.74 Å². The lowest BCUT2D eigenvalue weighted by atomic mass is 9.75. The minimum Gasteiger partial charge on any atom is -0.507 e. The zero-order chi connectivity index (χ0) is 33.2. The Hall–Kier alpha value is -3.60. The fraction of sp³-hybridized carbons (Fsp3) is 0.487. The molecule has 0 saturated carbocycles. The zero-order valence-electron chi connectivity index (χ0n) is 28.6. The van der Waals surface area contributed by atoms with Gasteiger partial charge in [0.2, 0.25) is 0 Å². The van der Waals surface area contributed by atoms with Gasteiger partial charge >= 0.3 is 11.9 Å². The van der Waals surface area contributed by atoms with Crippen molar-refractivity contribution in [2.24, 2.45) is 0 Å². The summed E-state index contributed by atoms with van der Waals surface area (Å²) in [6, 6.07) is 15.7. The largest absolute Gasteiger partial charge is 0.507 e. The molecular weight excluding hydrogens is 548 g/mol. The Balaban J connectivity index is 1.95. The van der Waals surface area contributed by atoms with E-state index in [0.717, 1.165) is 33.4 Å². The van der Waals surface area contributed by atoms with E-state index >= 15 is 0 Å². The van der Waals surface area contributed by atoms with Gasteiger partial charge in [-0.25, -0.2) is 0 Å². The molecule has 0 aromatic heterocycles. The van der Waals surface area contributed by atoms with Crippen LogP contribution in [0.5, 0.6) is 11.5 Å². The van der Waals surface area contributed by atoms with Crippen molar-refractivity contribution in [3.05, 3.63) is 93.0 Å². The molecule has 0 radical (unpaired) electrons. The topological polar surface area (TPSA) is 83.8 Å². The lowest BCUT2D eigenvalue weighted by molar-refractivity contribution is -0.139. The average molecular weight is 599 g/mol. The van der Waals surface area contributed by atoms with Crippen LogP contribution < -0.4 is 4.74 Å². The van der Waals surface area contributed by atoms with E-state index in [0.29, 0.717) is 16.9 Å². The Labute approximate surface area is 263 Å². The third-order valence-electron chi connectivity index (χ3n) is 8.80. The van der Waals surface area contributed by atoms with E-state index in [9.17, 15) is 19.8 Å². The maximum absolute atomic E-state index is 13.6. The Bertz CT molecular complexity index is 1560. The van der Waals surface area contributed by atoms with Crippen LogP contribution in [0.1, 0.15) is 139 Å². The van der Waals surface area contributed by atoms with Crippen molar-refractivity contribution < 1.29 is 24.5 Å². The zero-order valence-corrected chi connectivity index (χ0v) is 28.6. The summed E-state index contributed by atoms with van der Waals surface area (Å²) >= 11 is 0. The van der Waals surface area contributed by atoms with Gasteiger partial charge in [0.05, 0.1) is 5.92 Å². The first-order chi connectivity index (χ1) is 20.0. The smallest absolute Gasteiger partial charge is 0.323 e. The van der Waals surface area contributed by atoms with Gasteiger partial charge in [-0.1, -0.05) is 126 Å². The second kappa shape index (κ2) is 11.1. The minimum absolute atomic E-state index is 0.140. The molecule has 0 fully saturated rings. The summed E-state index contributed by atoms with van der Waals surface area (Å²) in [7, 11) is 0. The first-order valence-electron chi connectivity index (χ1n) is 15.6. The van der Waals surface area contributed by atoms with Crippen LogP contribution in [0.4, 0.5) is 0 Å². The Morgan fingerprint density at radius 1 is 0.727 bits per heavy atom. The molecule has 0 spiro atoms. The van der Waals surface area contributed by atoms with Gasteiger partial charge in [-0.05, 0) is 73.1 Å². The fourth-order valence-electron chi connectivity index (χ4n) is 6.05. The third kappa shape index (κ3) is 6.57. The van der Waals surface area contributed by atoms with Crippen LogP contribution in [0, 0.1) is 0 Å². The number of rotatable bonds is 5. The standard InChI is InChI=1S/C39H50O5/c1-36(2,3)23-13-15-25(26(20-23)32-28-21-24(37(4,5)6)14-16-31(28)44-35(32)43)27(34(41)42)17-22-18-29(38(7,8)9)33(40)30(19-22)39(10,11)12/h13-16,18-21,27,32,40H,17H2,1-12H3,(H,41,42). The number of aliphatic carboxylic acids is 1. The highest BCUT2D eigenvalue weighted by Crippen LogP contribution is 2.46. The summed E-state index contributed by atoms with van der Waals surface area (Å²) in [5.74, 6) is -2.23. The first kappa shape index (κ1) is 33.3. The van der Waals surface area contributed by atoms with E-state index in [1.54, 1.807) is 0 Å². The number of phenols is 1. The normalized spacial score (nSPS) is 16.5. The molecule has 2 atom stereocenters. The highest BCUT2D eigenvalue weighted by atomic mass is 16.5. The molecule has 5 nitrogen and oxygen atoms in total. The van der Waals surface area contributed by atoms with E-state index in [2.05, 4.69) is 41.5 Å². The van der Waals surface area contributed by atoms with Crippen LogP contribution in [-0.4, -0.2) is 22.2 Å². The van der Waals surface area contributed by atoms with E-state index in [1.807, 2.05) is 90.1 Å². The molecule has 1 aliphatic heterocycles. The van der Waals surface area contributed by atoms with Gasteiger partial charge in [-0.3, -0.25) is 9.59 Å². The van der Waals surface area contributed by atoms with Crippen LogP contribution in [0.2, 0.25) is 0 Å². The van der Waals surface area contributed by atoms with Crippen LogP contribution in [0.15, 0.2) is 48.5 Å². The fourth-order valence-corrected chi connectivity index (χ4v) is 6.05. The molecule has 2 unspecified atom stereocenters. The molecule has 3 aromatic carbocycles. The first-order valence-corrected chi connectivity index (χ1v) is 15.6. The summed E-state index contributed by atoms with van der Waals surface area (Å²) in [5.41, 5.74) is 5.50. The predicted molar refractivity (Wildman–Crippen MR) is 177 cm³/mol. The minimum atomic E-state index is -0.965. The number of hydrogen-bond acceptors (Lipinski definition) is 4. The maximum Gasteiger partial charge on any atom is 0.323 e. The molecule has 5 heteroatoms. The molecule has 1 heterocycles. The number of hydrogen-bond donors (Lipinski definition) is 2. The number of esters is 1. The second-order valence-electron chi connectivity index (χ2n) is 16.6. The molecule has 3 aromatic rings. The van der Waals surface area contributed by atoms with Gasteiger partial charge in [-0.15, -0.1) is 0 Å². The van der Waals surface area contributed by atoms with Crippen LogP contribution in [-0.2, 0) is 37.7 Å². The van der Waals surface area contributed by atoms with Gasteiger partial charge in [0.25, 0.3) is 0 Å². The number of carboxylic acids is 1. The number of ether oxygens (including phenoxy) is 1. The van der Waals surface area contributed by atoms with Gasteiger partial charge < -0.3 is 14.9 Å².